The zero-order valence-electron chi connectivity index (χ0n) is 13.3. The van der Waals surface area contributed by atoms with E-state index >= 15 is 0 Å². The summed E-state index contributed by atoms with van der Waals surface area (Å²) in [5.74, 6) is -0.509. The van der Waals surface area contributed by atoms with Gasteiger partial charge in [-0.05, 0) is 48.2 Å². The maximum atomic E-state index is 13.2. The fourth-order valence-electron chi connectivity index (χ4n) is 2.54. The predicted octanol–water partition coefficient (Wildman–Crippen LogP) is 3.00. The van der Waals surface area contributed by atoms with E-state index in [0.717, 1.165) is 12.1 Å². The van der Waals surface area contributed by atoms with Gasteiger partial charge >= 0.3 is 0 Å². The van der Waals surface area contributed by atoms with E-state index in [1.165, 1.54) is 36.9 Å². The molecule has 0 fully saturated rings. The van der Waals surface area contributed by atoms with Crippen molar-refractivity contribution >= 4 is 21.4 Å². The van der Waals surface area contributed by atoms with E-state index in [1.54, 1.807) is 23.6 Å². The van der Waals surface area contributed by atoms with E-state index in [4.69, 9.17) is 4.42 Å². The lowest BCUT2D eigenvalue weighted by Gasteiger charge is -2.26. The molecule has 3 rings (SSSR count). The third kappa shape index (κ3) is 3.52. The first-order valence-corrected chi connectivity index (χ1v) is 9.74. The molecule has 0 unspecified atom stereocenters. The Kier molecular flexibility index (Phi) is 4.79. The molecule has 2 N–H and O–H groups in total. The first kappa shape index (κ1) is 17.8. The zero-order valence-corrected chi connectivity index (χ0v) is 14.9. The summed E-state index contributed by atoms with van der Waals surface area (Å²) in [7, 11) is -3.93. The number of hydrogen-bond acceptors (Lipinski definition) is 5. The molecule has 0 amide bonds. The summed E-state index contributed by atoms with van der Waals surface area (Å²) in [6, 6.07) is 8.50. The van der Waals surface area contributed by atoms with Crippen LogP contribution in [0.4, 0.5) is 4.39 Å². The van der Waals surface area contributed by atoms with E-state index < -0.39 is 21.4 Å². The quantitative estimate of drug-likeness (QED) is 0.688. The third-order valence-corrected chi connectivity index (χ3v) is 6.45. The molecule has 0 radical (unpaired) electrons. The van der Waals surface area contributed by atoms with Crippen LogP contribution in [0.5, 0.6) is 0 Å². The van der Waals surface area contributed by atoms with Gasteiger partial charge in [-0.15, -0.1) is 11.3 Å². The van der Waals surface area contributed by atoms with Crippen molar-refractivity contribution in [2.75, 3.05) is 6.54 Å². The van der Waals surface area contributed by atoms with Gasteiger partial charge in [0.15, 0.2) is 0 Å². The lowest BCUT2D eigenvalue weighted by Crippen LogP contribution is -2.41. The molecule has 0 spiro atoms. The van der Waals surface area contributed by atoms with Crippen molar-refractivity contribution in [3.05, 3.63) is 76.1 Å². The Morgan fingerprint density at radius 2 is 2.12 bits per heavy atom. The Morgan fingerprint density at radius 3 is 2.72 bits per heavy atom. The monoisotopic (exact) mass is 381 g/mol. The highest BCUT2D eigenvalue weighted by Crippen LogP contribution is 2.33. The van der Waals surface area contributed by atoms with Gasteiger partial charge in [-0.3, -0.25) is 0 Å². The zero-order chi connectivity index (χ0) is 18.1. The molecular weight excluding hydrogens is 365 g/mol. The third-order valence-electron chi connectivity index (χ3n) is 3.87. The van der Waals surface area contributed by atoms with E-state index in [9.17, 15) is 17.9 Å². The van der Waals surface area contributed by atoms with Crippen LogP contribution in [0.2, 0.25) is 0 Å². The lowest BCUT2D eigenvalue weighted by molar-refractivity contribution is 0.0891. The van der Waals surface area contributed by atoms with Crippen molar-refractivity contribution in [3.63, 3.8) is 0 Å². The number of thiophene rings is 1. The Hall–Kier alpha value is -2.00. The Bertz CT molecular complexity index is 916. The van der Waals surface area contributed by atoms with Gasteiger partial charge in [-0.1, -0.05) is 6.07 Å². The van der Waals surface area contributed by atoms with Gasteiger partial charge in [-0.25, -0.2) is 17.5 Å². The molecular formula is C17H16FNO4S2. The van der Waals surface area contributed by atoms with Crippen LogP contribution in [-0.4, -0.2) is 20.1 Å². The molecule has 0 aliphatic rings. The number of hydrogen-bond donors (Lipinski definition) is 2. The Labute approximate surface area is 148 Å². The van der Waals surface area contributed by atoms with E-state index in [2.05, 4.69) is 4.72 Å². The summed E-state index contributed by atoms with van der Waals surface area (Å²) in [6.07, 6.45) is 2.78. The molecule has 25 heavy (non-hydrogen) atoms. The molecule has 1 atom stereocenters. The van der Waals surface area contributed by atoms with E-state index in [0.29, 0.717) is 10.4 Å². The van der Waals surface area contributed by atoms with Gasteiger partial charge in [0.25, 0.3) is 0 Å². The molecule has 0 saturated carbocycles. The largest absolute Gasteiger partial charge is 0.472 e. The number of rotatable bonds is 6. The van der Waals surface area contributed by atoms with Crippen LogP contribution in [0, 0.1) is 12.7 Å². The molecule has 2 heterocycles. The Morgan fingerprint density at radius 1 is 1.32 bits per heavy atom. The average Bonchev–Trinajstić information content (AvgIpc) is 3.26. The molecule has 0 aliphatic heterocycles. The van der Waals surface area contributed by atoms with Gasteiger partial charge in [0.2, 0.25) is 10.0 Å². The predicted molar refractivity (Wildman–Crippen MR) is 92.4 cm³/mol. The Balaban J connectivity index is 1.91. The second kappa shape index (κ2) is 6.72. The second-order valence-electron chi connectivity index (χ2n) is 5.58. The van der Waals surface area contributed by atoms with Crippen molar-refractivity contribution in [2.45, 2.75) is 17.4 Å². The summed E-state index contributed by atoms with van der Waals surface area (Å²) < 4.78 is 45.8. The summed E-state index contributed by atoms with van der Waals surface area (Å²) in [6.45, 7) is 1.23. The smallest absolute Gasteiger partial charge is 0.240 e. The first-order chi connectivity index (χ1) is 11.8. The maximum absolute atomic E-state index is 13.2. The summed E-state index contributed by atoms with van der Waals surface area (Å²) in [5, 5.41) is 12.9. The first-order valence-electron chi connectivity index (χ1n) is 7.38. The van der Waals surface area contributed by atoms with Crippen LogP contribution in [0.25, 0.3) is 0 Å². The molecule has 1 aromatic carbocycles. The molecule has 132 valence electrons. The number of halogens is 1. The van der Waals surface area contributed by atoms with Crippen LogP contribution in [0.1, 0.15) is 16.0 Å². The average molecular weight is 381 g/mol. The van der Waals surface area contributed by atoms with Crippen LogP contribution in [-0.2, 0) is 15.6 Å². The number of aryl methyl sites for hydroxylation is 1. The number of nitrogens with one attached hydrogen (secondary N) is 1. The van der Waals surface area contributed by atoms with E-state index in [-0.39, 0.29) is 17.0 Å². The normalized spacial score (nSPS) is 14.4. The number of aliphatic hydroxyl groups is 1. The van der Waals surface area contributed by atoms with Gasteiger partial charge in [0.1, 0.15) is 11.4 Å². The molecule has 8 heteroatoms. The summed E-state index contributed by atoms with van der Waals surface area (Å²) >= 11 is 1.30. The maximum Gasteiger partial charge on any atom is 0.240 e. The minimum atomic E-state index is -3.93. The van der Waals surface area contributed by atoms with Crippen LogP contribution >= 0.6 is 11.3 Å². The van der Waals surface area contributed by atoms with Gasteiger partial charge in [0.05, 0.1) is 17.4 Å². The summed E-state index contributed by atoms with van der Waals surface area (Å²) in [4.78, 5) is 0.544. The second-order valence-corrected chi connectivity index (χ2v) is 8.27. The van der Waals surface area contributed by atoms with Crippen molar-refractivity contribution in [1.82, 2.24) is 4.72 Å². The highest BCUT2D eigenvalue weighted by molar-refractivity contribution is 7.89. The molecule has 2 aromatic heterocycles. The molecule has 3 aromatic rings. The molecule has 0 saturated heterocycles. The number of furan rings is 1. The van der Waals surface area contributed by atoms with Crippen molar-refractivity contribution in [3.8, 4) is 0 Å². The minimum absolute atomic E-state index is 0.0328. The van der Waals surface area contributed by atoms with E-state index in [1.807, 2.05) is 0 Å². The minimum Gasteiger partial charge on any atom is -0.472 e. The SMILES string of the molecule is Cc1cc(F)ccc1S(=O)(=O)NC[C@](O)(c1ccoc1)c1cccs1. The standard InChI is InChI=1S/C17H16FNO4S2/c1-12-9-14(18)4-5-15(12)25(21,22)19-11-17(20,13-6-7-23-10-13)16-3-2-8-24-16/h2-10,19-20H,11H2,1H3/t17-/m0/s1. The van der Waals surface area contributed by atoms with Crippen LogP contribution < -0.4 is 4.72 Å². The van der Waals surface area contributed by atoms with Crippen molar-refractivity contribution in [2.24, 2.45) is 0 Å². The van der Waals surface area contributed by atoms with Crippen molar-refractivity contribution < 1.29 is 22.3 Å². The van der Waals surface area contributed by atoms with Crippen LogP contribution in [0.3, 0.4) is 0 Å². The van der Waals surface area contributed by atoms with Crippen molar-refractivity contribution in [1.29, 1.82) is 0 Å². The fraction of sp³-hybridized carbons (Fsp3) is 0.176. The highest BCUT2D eigenvalue weighted by atomic mass is 32.2. The molecule has 0 aliphatic carbocycles. The van der Waals surface area contributed by atoms with Gasteiger partial charge < -0.3 is 9.52 Å². The van der Waals surface area contributed by atoms with Gasteiger partial charge in [0, 0.05) is 17.0 Å². The number of sulfonamides is 1. The number of benzene rings is 1. The molecule has 5 nitrogen and oxygen atoms in total. The topological polar surface area (TPSA) is 79.5 Å². The van der Waals surface area contributed by atoms with Crippen LogP contribution in [0.15, 0.2) is 63.6 Å². The summed E-state index contributed by atoms with van der Waals surface area (Å²) in [5.41, 5.74) is -0.841. The highest BCUT2D eigenvalue weighted by Gasteiger charge is 2.35. The fourth-order valence-corrected chi connectivity index (χ4v) is 4.67. The lowest BCUT2D eigenvalue weighted by atomic mass is 9.95. The van der Waals surface area contributed by atoms with Gasteiger partial charge in [-0.2, -0.15) is 0 Å². The molecule has 0 bridgehead atoms.